The predicted octanol–water partition coefficient (Wildman–Crippen LogP) is 0.902. The fourth-order valence-electron chi connectivity index (χ4n) is 1.31. The van der Waals surface area contributed by atoms with Crippen LogP contribution in [0.4, 0.5) is 4.79 Å². The lowest BCUT2D eigenvalue weighted by atomic mass is 10.2. The van der Waals surface area contributed by atoms with Crippen LogP contribution in [-0.2, 0) is 9.84 Å². The van der Waals surface area contributed by atoms with Crippen molar-refractivity contribution < 1.29 is 17.9 Å². The highest BCUT2D eigenvalue weighted by atomic mass is 32.2. The third-order valence-electron chi connectivity index (χ3n) is 1.94. The van der Waals surface area contributed by atoms with Gasteiger partial charge in [-0.2, -0.15) is 0 Å². The van der Waals surface area contributed by atoms with Gasteiger partial charge in [-0.15, -0.1) is 0 Å². The zero-order valence-electron chi connectivity index (χ0n) is 7.51. The third kappa shape index (κ3) is 1.71. The smallest absolute Gasteiger partial charge is 0.409 e. The summed E-state index contributed by atoms with van der Waals surface area (Å²) in [6, 6.07) is 4.30. The Morgan fingerprint density at radius 2 is 2.07 bits per heavy atom. The molecular weight excluding hydrogens is 218 g/mol. The predicted molar refractivity (Wildman–Crippen MR) is 52.9 cm³/mol. The van der Waals surface area contributed by atoms with E-state index in [1.54, 1.807) is 6.07 Å². The SMILES string of the molecule is NC(=O)Oc1ccc2c(c1)S(=O)(=O)C=C2. The van der Waals surface area contributed by atoms with E-state index >= 15 is 0 Å². The number of fused-ring (bicyclic) bond motifs is 1. The molecule has 2 rings (SSSR count). The number of rotatable bonds is 1. The molecule has 2 N–H and O–H groups in total. The lowest BCUT2D eigenvalue weighted by molar-refractivity contribution is 0.210. The fourth-order valence-corrected chi connectivity index (χ4v) is 2.53. The summed E-state index contributed by atoms with van der Waals surface area (Å²) >= 11 is 0. The van der Waals surface area contributed by atoms with E-state index < -0.39 is 15.9 Å². The van der Waals surface area contributed by atoms with Gasteiger partial charge in [0.1, 0.15) is 5.75 Å². The van der Waals surface area contributed by atoms with Crippen LogP contribution in [-0.4, -0.2) is 14.5 Å². The average molecular weight is 225 g/mol. The number of carbonyl (C=O) groups is 1. The molecule has 0 saturated heterocycles. The van der Waals surface area contributed by atoms with Gasteiger partial charge in [-0.1, -0.05) is 0 Å². The summed E-state index contributed by atoms with van der Waals surface area (Å²) in [7, 11) is -3.38. The molecule has 78 valence electrons. The molecule has 1 aromatic carbocycles. The Morgan fingerprint density at radius 3 is 2.73 bits per heavy atom. The number of hydrogen-bond donors (Lipinski definition) is 1. The van der Waals surface area contributed by atoms with Crippen LogP contribution < -0.4 is 10.5 Å². The Bertz CT molecular complexity index is 559. The molecule has 0 saturated carbocycles. The minimum absolute atomic E-state index is 0.119. The number of carbonyl (C=O) groups excluding carboxylic acids is 1. The summed E-state index contributed by atoms with van der Waals surface area (Å²) in [5.74, 6) is 0.119. The molecule has 0 radical (unpaired) electrons. The number of hydrogen-bond acceptors (Lipinski definition) is 4. The van der Waals surface area contributed by atoms with Gasteiger partial charge >= 0.3 is 6.09 Å². The van der Waals surface area contributed by atoms with Crippen LogP contribution in [0.1, 0.15) is 5.56 Å². The quantitative estimate of drug-likeness (QED) is 0.769. The van der Waals surface area contributed by atoms with Crippen molar-refractivity contribution in [3.8, 4) is 5.75 Å². The first-order valence-corrected chi connectivity index (χ1v) is 5.58. The van der Waals surface area contributed by atoms with Crippen molar-refractivity contribution >= 4 is 22.0 Å². The fraction of sp³-hybridized carbons (Fsp3) is 0. The molecule has 0 fully saturated rings. The molecule has 1 aliphatic rings. The second-order valence-corrected chi connectivity index (χ2v) is 4.77. The van der Waals surface area contributed by atoms with Crippen molar-refractivity contribution in [3.05, 3.63) is 29.2 Å². The van der Waals surface area contributed by atoms with Crippen molar-refractivity contribution in [2.75, 3.05) is 0 Å². The van der Waals surface area contributed by atoms with Crippen LogP contribution in [0.25, 0.3) is 6.08 Å². The highest BCUT2D eigenvalue weighted by Crippen LogP contribution is 2.29. The maximum absolute atomic E-state index is 11.4. The first kappa shape index (κ1) is 9.72. The van der Waals surface area contributed by atoms with Gasteiger partial charge in [-0.05, 0) is 23.8 Å². The first-order chi connectivity index (χ1) is 6.99. The van der Waals surface area contributed by atoms with E-state index in [4.69, 9.17) is 5.73 Å². The number of amides is 1. The van der Waals surface area contributed by atoms with E-state index in [1.807, 2.05) is 0 Å². The maximum atomic E-state index is 11.4. The number of nitrogens with two attached hydrogens (primary N) is 1. The molecule has 0 spiro atoms. The van der Waals surface area contributed by atoms with E-state index in [0.29, 0.717) is 5.56 Å². The van der Waals surface area contributed by atoms with Crippen LogP contribution in [0.2, 0.25) is 0 Å². The molecule has 0 bridgehead atoms. The first-order valence-electron chi connectivity index (χ1n) is 4.03. The van der Waals surface area contributed by atoms with Gasteiger partial charge in [-0.25, -0.2) is 13.2 Å². The Morgan fingerprint density at radius 1 is 1.33 bits per heavy atom. The van der Waals surface area contributed by atoms with Crippen LogP contribution in [0.3, 0.4) is 0 Å². The standard InChI is InChI=1S/C9H7NO4S/c10-9(11)14-7-2-1-6-3-4-15(12,13)8(6)5-7/h1-5H,(H2,10,11). The van der Waals surface area contributed by atoms with E-state index in [2.05, 4.69) is 4.74 Å². The van der Waals surface area contributed by atoms with Crippen LogP contribution in [0.5, 0.6) is 5.75 Å². The molecular formula is C9H7NO4S. The normalized spacial score (nSPS) is 16.0. The Kier molecular flexibility index (Phi) is 2.01. The second kappa shape index (κ2) is 3.09. The molecule has 1 aromatic rings. The number of benzene rings is 1. The summed E-state index contributed by atoms with van der Waals surface area (Å²) in [4.78, 5) is 10.6. The summed E-state index contributed by atoms with van der Waals surface area (Å²) in [5.41, 5.74) is 5.39. The zero-order valence-corrected chi connectivity index (χ0v) is 8.32. The Balaban J connectivity index is 2.49. The molecule has 0 aromatic heterocycles. The van der Waals surface area contributed by atoms with Gasteiger partial charge < -0.3 is 10.5 Å². The van der Waals surface area contributed by atoms with Gasteiger partial charge in [0, 0.05) is 11.5 Å². The second-order valence-electron chi connectivity index (χ2n) is 2.97. The lowest BCUT2D eigenvalue weighted by Crippen LogP contribution is -2.16. The van der Waals surface area contributed by atoms with E-state index in [0.717, 1.165) is 5.41 Å². The number of ether oxygens (including phenoxy) is 1. The molecule has 0 unspecified atom stereocenters. The Labute approximate surface area is 86.1 Å². The van der Waals surface area contributed by atoms with Crippen molar-refractivity contribution in [2.24, 2.45) is 5.73 Å². The van der Waals surface area contributed by atoms with Crippen LogP contribution in [0.15, 0.2) is 28.5 Å². The van der Waals surface area contributed by atoms with E-state index in [1.165, 1.54) is 18.2 Å². The number of sulfone groups is 1. The van der Waals surface area contributed by atoms with Gasteiger partial charge in [0.25, 0.3) is 0 Å². The molecule has 1 amide bonds. The summed E-state index contributed by atoms with van der Waals surface area (Å²) < 4.78 is 27.4. The topological polar surface area (TPSA) is 86.5 Å². The van der Waals surface area contributed by atoms with Gasteiger partial charge in [0.15, 0.2) is 0 Å². The molecule has 1 heterocycles. The van der Waals surface area contributed by atoms with Crippen LogP contribution >= 0.6 is 0 Å². The molecule has 0 atom stereocenters. The van der Waals surface area contributed by atoms with Gasteiger partial charge in [0.05, 0.1) is 4.90 Å². The average Bonchev–Trinajstić information content (AvgIpc) is 2.42. The van der Waals surface area contributed by atoms with Crippen LogP contribution in [0, 0.1) is 0 Å². The summed E-state index contributed by atoms with van der Waals surface area (Å²) in [6.07, 6.45) is 0.511. The van der Waals surface area contributed by atoms with E-state index in [-0.39, 0.29) is 10.6 Å². The van der Waals surface area contributed by atoms with Crippen molar-refractivity contribution in [2.45, 2.75) is 4.90 Å². The van der Waals surface area contributed by atoms with Gasteiger partial charge in [0.2, 0.25) is 9.84 Å². The highest BCUT2D eigenvalue weighted by Gasteiger charge is 2.21. The maximum Gasteiger partial charge on any atom is 0.409 e. The van der Waals surface area contributed by atoms with Crippen molar-refractivity contribution in [1.29, 1.82) is 0 Å². The van der Waals surface area contributed by atoms with Crippen molar-refractivity contribution in [3.63, 3.8) is 0 Å². The molecule has 15 heavy (non-hydrogen) atoms. The van der Waals surface area contributed by atoms with Gasteiger partial charge in [-0.3, -0.25) is 0 Å². The zero-order chi connectivity index (χ0) is 11.1. The molecule has 0 aliphatic carbocycles. The number of primary amides is 1. The highest BCUT2D eigenvalue weighted by molar-refractivity contribution is 7.94. The molecule has 6 heteroatoms. The monoisotopic (exact) mass is 225 g/mol. The van der Waals surface area contributed by atoms with E-state index in [9.17, 15) is 13.2 Å². The minimum Gasteiger partial charge on any atom is -0.410 e. The summed E-state index contributed by atoms with van der Waals surface area (Å²) in [5, 5.41) is 1.10. The molecule has 5 nitrogen and oxygen atoms in total. The Hall–Kier alpha value is -1.82. The third-order valence-corrected chi connectivity index (χ3v) is 3.40. The minimum atomic E-state index is -3.38. The molecule has 1 aliphatic heterocycles. The largest absolute Gasteiger partial charge is 0.410 e. The van der Waals surface area contributed by atoms with Crippen molar-refractivity contribution in [1.82, 2.24) is 0 Å². The lowest BCUT2D eigenvalue weighted by Gasteiger charge is -2.03. The summed E-state index contributed by atoms with van der Waals surface area (Å²) in [6.45, 7) is 0.